The average Bonchev–Trinajstić information content (AvgIpc) is 3.02. The molecule has 6 heteroatoms. The lowest BCUT2D eigenvalue weighted by Crippen LogP contribution is -2.51. The molecule has 1 unspecified atom stereocenters. The van der Waals surface area contributed by atoms with Gasteiger partial charge >= 0.3 is 6.03 Å². The Morgan fingerprint density at radius 2 is 2.12 bits per heavy atom. The molecule has 2 heterocycles. The van der Waals surface area contributed by atoms with Crippen LogP contribution in [-0.2, 0) is 6.42 Å². The summed E-state index contributed by atoms with van der Waals surface area (Å²) in [4.78, 5) is 18.9. The first-order valence-corrected chi connectivity index (χ1v) is 9.27. The number of likely N-dealkylation sites (tertiary alicyclic amines) is 1. The van der Waals surface area contributed by atoms with Gasteiger partial charge in [-0.3, -0.25) is 0 Å². The van der Waals surface area contributed by atoms with E-state index in [9.17, 15) is 4.79 Å². The van der Waals surface area contributed by atoms with Gasteiger partial charge in [-0.25, -0.2) is 4.79 Å². The van der Waals surface area contributed by atoms with Crippen molar-refractivity contribution in [3.63, 3.8) is 0 Å². The molecule has 0 spiro atoms. The number of carbonyl (C=O) groups excluding carboxylic acids is 1. The Labute approximate surface area is 155 Å². The molecule has 26 heavy (non-hydrogen) atoms. The Hall–Kier alpha value is -2.37. The highest BCUT2D eigenvalue weighted by Gasteiger charge is 2.27. The predicted molar refractivity (Wildman–Crippen MR) is 101 cm³/mol. The van der Waals surface area contributed by atoms with E-state index in [-0.39, 0.29) is 11.6 Å². The molecule has 0 bridgehead atoms. The van der Waals surface area contributed by atoms with Gasteiger partial charge in [0.15, 0.2) is 0 Å². The number of urea groups is 1. The minimum Gasteiger partial charge on any atom is -0.339 e. The maximum absolute atomic E-state index is 12.4. The van der Waals surface area contributed by atoms with Crippen LogP contribution in [0.4, 0.5) is 4.79 Å². The second kappa shape index (κ2) is 7.48. The Morgan fingerprint density at radius 3 is 2.85 bits per heavy atom. The summed E-state index contributed by atoms with van der Waals surface area (Å²) in [6, 6.07) is 8.03. The lowest BCUT2D eigenvalue weighted by atomic mass is 9.95. The number of nitrogens with one attached hydrogen (secondary N) is 1. The third-order valence-corrected chi connectivity index (χ3v) is 4.61. The van der Waals surface area contributed by atoms with Crippen LogP contribution in [0.5, 0.6) is 0 Å². The number of carbonyl (C=O) groups is 1. The summed E-state index contributed by atoms with van der Waals surface area (Å²) in [5.74, 6) is 1.63. The number of hydrogen-bond donors (Lipinski definition) is 1. The molecule has 0 radical (unpaired) electrons. The molecule has 1 aliphatic heterocycles. The molecule has 0 aliphatic carbocycles. The number of piperidine rings is 1. The molecule has 6 nitrogen and oxygen atoms in total. The molecule has 1 fully saturated rings. The normalized spacial score (nSPS) is 18.0. The van der Waals surface area contributed by atoms with Gasteiger partial charge in [-0.15, -0.1) is 0 Å². The highest BCUT2D eigenvalue weighted by Crippen LogP contribution is 2.24. The fourth-order valence-corrected chi connectivity index (χ4v) is 3.33. The van der Waals surface area contributed by atoms with Crippen LogP contribution in [0.25, 0.3) is 11.4 Å². The van der Waals surface area contributed by atoms with Crippen LogP contribution in [0.2, 0.25) is 0 Å². The third-order valence-electron chi connectivity index (χ3n) is 4.61. The molecule has 1 aliphatic rings. The summed E-state index contributed by atoms with van der Waals surface area (Å²) in [7, 11) is 0. The van der Waals surface area contributed by atoms with E-state index < -0.39 is 0 Å². The van der Waals surface area contributed by atoms with Crippen LogP contribution < -0.4 is 5.32 Å². The number of aromatic nitrogens is 2. The van der Waals surface area contributed by atoms with E-state index in [1.807, 2.05) is 56.9 Å². The van der Waals surface area contributed by atoms with E-state index in [0.29, 0.717) is 24.1 Å². The van der Waals surface area contributed by atoms with E-state index in [1.54, 1.807) is 0 Å². The van der Waals surface area contributed by atoms with E-state index >= 15 is 0 Å². The number of hydrogen-bond acceptors (Lipinski definition) is 4. The van der Waals surface area contributed by atoms with Gasteiger partial charge in [0.1, 0.15) is 0 Å². The van der Waals surface area contributed by atoms with Crippen molar-refractivity contribution >= 4 is 6.03 Å². The van der Waals surface area contributed by atoms with Crippen molar-refractivity contribution in [2.24, 2.45) is 5.92 Å². The largest absolute Gasteiger partial charge is 0.339 e. The van der Waals surface area contributed by atoms with Crippen molar-refractivity contribution in [2.45, 2.75) is 52.5 Å². The lowest BCUT2D eigenvalue weighted by molar-refractivity contribution is 0.155. The van der Waals surface area contributed by atoms with Gasteiger partial charge in [0.25, 0.3) is 0 Å². The average molecular weight is 356 g/mol. The Bertz CT molecular complexity index is 763. The minimum absolute atomic E-state index is 0.00771. The lowest BCUT2D eigenvalue weighted by Gasteiger charge is -2.34. The molecule has 0 saturated carbocycles. The van der Waals surface area contributed by atoms with Crippen LogP contribution in [0.15, 0.2) is 28.8 Å². The summed E-state index contributed by atoms with van der Waals surface area (Å²) in [5, 5.41) is 7.18. The molecule has 2 aromatic rings. The van der Waals surface area contributed by atoms with E-state index in [0.717, 1.165) is 37.1 Å². The predicted octanol–water partition coefficient (Wildman–Crippen LogP) is 3.81. The highest BCUT2D eigenvalue weighted by atomic mass is 16.5. The summed E-state index contributed by atoms with van der Waals surface area (Å²) >= 11 is 0. The maximum atomic E-state index is 12.4. The van der Waals surface area contributed by atoms with Gasteiger partial charge in [-0.1, -0.05) is 29.4 Å². The van der Waals surface area contributed by atoms with Gasteiger partial charge < -0.3 is 14.7 Å². The van der Waals surface area contributed by atoms with Gasteiger partial charge in [0, 0.05) is 30.6 Å². The quantitative estimate of drug-likeness (QED) is 0.908. The topological polar surface area (TPSA) is 71.3 Å². The monoisotopic (exact) mass is 356 g/mol. The van der Waals surface area contributed by atoms with Crippen molar-refractivity contribution in [3.8, 4) is 11.4 Å². The maximum Gasteiger partial charge on any atom is 0.317 e. The first-order valence-electron chi connectivity index (χ1n) is 9.27. The molecular weight excluding hydrogens is 328 g/mol. The second-order valence-electron chi connectivity index (χ2n) is 8.17. The van der Waals surface area contributed by atoms with Crippen LogP contribution >= 0.6 is 0 Å². The molecule has 1 aromatic heterocycles. The third kappa shape index (κ3) is 4.62. The van der Waals surface area contributed by atoms with Crippen LogP contribution in [-0.4, -0.2) is 39.7 Å². The smallest absolute Gasteiger partial charge is 0.317 e. The summed E-state index contributed by atoms with van der Waals surface area (Å²) in [6.45, 7) is 9.56. The van der Waals surface area contributed by atoms with E-state index in [2.05, 4.69) is 15.5 Å². The van der Waals surface area contributed by atoms with Gasteiger partial charge in [-0.2, -0.15) is 4.98 Å². The molecule has 2 amide bonds. The Balaban J connectivity index is 1.63. The molecule has 1 atom stereocenters. The van der Waals surface area contributed by atoms with Crippen molar-refractivity contribution in [3.05, 3.63) is 35.7 Å². The number of nitrogens with zero attached hydrogens (tertiary/aromatic N) is 3. The van der Waals surface area contributed by atoms with Crippen molar-refractivity contribution < 1.29 is 9.32 Å². The molecule has 1 N–H and O–H groups in total. The number of rotatable bonds is 3. The molecule has 140 valence electrons. The zero-order valence-electron chi connectivity index (χ0n) is 16.1. The zero-order chi connectivity index (χ0) is 18.7. The Morgan fingerprint density at radius 1 is 1.35 bits per heavy atom. The van der Waals surface area contributed by atoms with Crippen LogP contribution in [0, 0.1) is 12.8 Å². The van der Waals surface area contributed by atoms with Gasteiger partial charge in [0.2, 0.25) is 11.7 Å². The van der Waals surface area contributed by atoms with E-state index in [1.165, 1.54) is 0 Å². The fraction of sp³-hybridized carbons (Fsp3) is 0.550. The first-order chi connectivity index (χ1) is 12.3. The number of benzene rings is 1. The van der Waals surface area contributed by atoms with E-state index in [4.69, 9.17) is 4.52 Å². The SMILES string of the molecule is Cc1ccccc1-c1noc(CC2CCCN(C(=O)NC(C)(C)C)C2)n1. The highest BCUT2D eigenvalue weighted by molar-refractivity contribution is 5.75. The summed E-state index contributed by atoms with van der Waals surface area (Å²) in [5.41, 5.74) is 1.90. The Kier molecular flexibility index (Phi) is 5.30. The van der Waals surface area contributed by atoms with Gasteiger partial charge in [-0.05, 0) is 52.0 Å². The van der Waals surface area contributed by atoms with Crippen LogP contribution in [0.1, 0.15) is 45.1 Å². The molecule has 3 rings (SSSR count). The first kappa shape index (κ1) is 18.4. The molecule has 1 aromatic carbocycles. The van der Waals surface area contributed by atoms with Gasteiger partial charge in [0.05, 0.1) is 0 Å². The van der Waals surface area contributed by atoms with Crippen molar-refractivity contribution in [1.82, 2.24) is 20.4 Å². The summed E-state index contributed by atoms with van der Waals surface area (Å²) in [6.07, 6.45) is 2.78. The van der Waals surface area contributed by atoms with Crippen LogP contribution in [0.3, 0.4) is 0 Å². The zero-order valence-corrected chi connectivity index (χ0v) is 16.1. The standard InChI is InChI=1S/C20H28N4O2/c1-14-8-5-6-10-16(14)18-21-17(26-23-18)12-15-9-7-11-24(13-15)19(25)22-20(2,3)4/h5-6,8,10,15H,7,9,11-13H2,1-4H3,(H,22,25). The fourth-order valence-electron chi connectivity index (χ4n) is 3.33. The minimum atomic E-state index is -0.223. The van der Waals surface area contributed by atoms with Crippen molar-refractivity contribution in [2.75, 3.05) is 13.1 Å². The van der Waals surface area contributed by atoms with Crippen molar-refractivity contribution in [1.29, 1.82) is 0 Å². The summed E-state index contributed by atoms with van der Waals surface area (Å²) < 4.78 is 5.47. The number of aryl methyl sites for hydroxylation is 1. The molecule has 1 saturated heterocycles. The molecular formula is C20H28N4O2. The number of amides is 2. The second-order valence-corrected chi connectivity index (χ2v) is 8.17.